The van der Waals surface area contributed by atoms with Gasteiger partial charge in [0.1, 0.15) is 0 Å². The molecule has 2 nitrogen and oxygen atoms in total. The SMILES string of the molecule is O[C@H]1CCCC[C@@H]1NCC1CC=CCC1. The molecule has 0 aromatic carbocycles. The smallest absolute Gasteiger partial charge is 0.0693 e. The van der Waals surface area contributed by atoms with Crippen molar-refractivity contribution in [1.29, 1.82) is 0 Å². The molecule has 2 aliphatic rings. The lowest BCUT2D eigenvalue weighted by Gasteiger charge is -2.30. The van der Waals surface area contributed by atoms with E-state index in [0.29, 0.717) is 6.04 Å². The molecule has 1 saturated carbocycles. The van der Waals surface area contributed by atoms with Crippen LogP contribution < -0.4 is 5.32 Å². The predicted molar refractivity (Wildman–Crippen MR) is 62.7 cm³/mol. The molecule has 15 heavy (non-hydrogen) atoms. The predicted octanol–water partition coefficient (Wildman–Crippen LogP) is 2.24. The Hall–Kier alpha value is -0.340. The maximum absolute atomic E-state index is 9.82. The van der Waals surface area contributed by atoms with Crippen molar-refractivity contribution in [3.8, 4) is 0 Å². The van der Waals surface area contributed by atoms with Gasteiger partial charge in [0.2, 0.25) is 0 Å². The molecule has 0 radical (unpaired) electrons. The fraction of sp³-hybridized carbons (Fsp3) is 0.846. The third-order valence-electron chi connectivity index (χ3n) is 3.78. The summed E-state index contributed by atoms with van der Waals surface area (Å²) in [5, 5.41) is 13.4. The molecule has 1 unspecified atom stereocenters. The second kappa shape index (κ2) is 5.66. The van der Waals surface area contributed by atoms with Gasteiger partial charge in [0, 0.05) is 6.04 Å². The van der Waals surface area contributed by atoms with E-state index in [1.807, 2.05) is 0 Å². The largest absolute Gasteiger partial charge is 0.392 e. The molecule has 86 valence electrons. The molecule has 2 N–H and O–H groups in total. The minimum Gasteiger partial charge on any atom is -0.392 e. The van der Waals surface area contributed by atoms with Gasteiger partial charge in [-0.05, 0) is 44.6 Å². The Morgan fingerprint density at radius 1 is 1.13 bits per heavy atom. The first-order valence-corrected chi connectivity index (χ1v) is 6.42. The number of aliphatic hydroxyl groups excluding tert-OH is 1. The van der Waals surface area contributed by atoms with E-state index in [-0.39, 0.29) is 6.10 Å². The summed E-state index contributed by atoms with van der Waals surface area (Å²) in [4.78, 5) is 0. The maximum Gasteiger partial charge on any atom is 0.0693 e. The van der Waals surface area contributed by atoms with E-state index in [9.17, 15) is 5.11 Å². The highest BCUT2D eigenvalue weighted by molar-refractivity contribution is 4.91. The fourth-order valence-corrected chi connectivity index (χ4v) is 2.71. The van der Waals surface area contributed by atoms with Crippen molar-refractivity contribution in [1.82, 2.24) is 5.32 Å². The van der Waals surface area contributed by atoms with Crippen LogP contribution in [0.5, 0.6) is 0 Å². The number of nitrogens with one attached hydrogen (secondary N) is 1. The van der Waals surface area contributed by atoms with Gasteiger partial charge in [0.15, 0.2) is 0 Å². The van der Waals surface area contributed by atoms with Crippen LogP contribution in [0.2, 0.25) is 0 Å². The highest BCUT2D eigenvalue weighted by Crippen LogP contribution is 2.21. The van der Waals surface area contributed by atoms with Crippen LogP contribution in [-0.2, 0) is 0 Å². The van der Waals surface area contributed by atoms with Crippen molar-refractivity contribution < 1.29 is 5.11 Å². The van der Waals surface area contributed by atoms with Crippen LogP contribution in [0, 0.1) is 5.92 Å². The fourth-order valence-electron chi connectivity index (χ4n) is 2.71. The molecule has 0 amide bonds. The molecule has 0 aromatic heterocycles. The van der Waals surface area contributed by atoms with Gasteiger partial charge in [-0.25, -0.2) is 0 Å². The summed E-state index contributed by atoms with van der Waals surface area (Å²) in [5.74, 6) is 0.795. The molecule has 3 atom stereocenters. The van der Waals surface area contributed by atoms with Crippen LogP contribution in [0.1, 0.15) is 44.9 Å². The average Bonchev–Trinajstić information content (AvgIpc) is 2.29. The lowest BCUT2D eigenvalue weighted by atomic mass is 9.90. The minimum absolute atomic E-state index is 0.0992. The Balaban J connectivity index is 1.69. The number of hydrogen-bond acceptors (Lipinski definition) is 2. The number of aliphatic hydroxyl groups is 1. The normalized spacial score (nSPS) is 36.7. The van der Waals surface area contributed by atoms with Gasteiger partial charge < -0.3 is 10.4 Å². The van der Waals surface area contributed by atoms with Gasteiger partial charge in [-0.2, -0.15) is 0 Å². The number of hydrogen-bond donors (Lipinski definition) is 2. The Morgan fingerprint density at radius 3 is 2.73 bits per heavy atom. The second-order valence-corrected chi connectivity index (χ2v) is 5.02. The van der Waals surface area contributed by atoms with Gasteiger partial charge in [-0.15, -0.1) is 0 Å². The van der Waals surface area contributed by atoms with Crippen molar-refractivity contribution >= 4 is 0 Å². The standard InChI is InChI=1S/C13H23NO/c15-13-9-5-4-8-12(13)14-10-11-6-2-1-3-7-11/h1-2,11-15H,3-10H2/t11?,12-,13-/m0/s1. The highest BCUT2D eigenvalue weighted by Gasteiger charge is 2.23. The summed E-state index contributed by atoms with van der Waals surface area (Å²) < 4.78 is 0. The van der Waals surface area contributed by atoms with Crippen LogP contribution in [0.4, 0.5) is 0 Å². The molecule has 0 spiro atoms. The van der Waals surface area contributed by atoms with Gasteiger partial charge in [0.25, 0.3) is 0 Å². The summed E-state index contributed by atoms with van der Waals surface area (Å²) >= 11 is 0. The van der Waals surface area contributed by atoms with Crippen molar-refractivity contribution in [2.24, 2.45) is 5.92 Å². The van der Waals surface area contributed by atoms with Crippen LogP contribution in [0.3, 0.4) is 0 Å². The number of allylic oxidation sites excluding steroid dienone is 2. The van der Waals surface area contributed by atoms with Crippen molar-refractivity contribution in [3.63, 3.8) is 0 Å². The van der Waals surface area contributed by atoms with E-state index in [2.05, 4.69) is 17.5 Å². The molecule has 0 aromatic rings. The van der Waals surface area contributed by atoms with E-state index in [0.717, 1.165) is 25.3 Å². The zero-order valence-electron chi connectivity index (χ0n) is 9.49. The van der Waals surface area contributed by atoms with E-state index in [4.69, 9.17) is 0 Å². The summed E-state index contributed by atoms with van der Waals surface area (Å²) in [5.41, 5.74) is 0. The van der Waals surface area contributed by atoms with Crippen LogP contribution in [-0.4, -0.2) is 23.8 Å². The van der Waals surface area contributed by atoms with E-state index in [1.54, 1.807) is 0 Å². The first-order chi connectivity index (χ1) is 7.36. The zero-order chi connectivity index (χ0) is 10.5. The quantitative estimate of drug-likeness (QED) is 0.699. The van der Waals surface area contributed by atoms with Crippen molar-refractivity contribution in [2.45, 2.75) is 57.1 Å². The molecule has 2 heteroatoms. The average molecular weight is 209 g/mol. The van der Waals surface area contributed by atoms with Gasteiger partial charge in [-0.3, -0.25) is 0 Å². The molecule has 2 aliphatic carbocycles. The first kappa shape index (κ1) is 11.2. The lowest BCUT2D eigenvalue weighted by molar-refractivity contribution is 0.0886. The van der Waals surface area contributed by atoms with E-state index in [1.165, 1.54) is 32.1 Å². The Kier molecular flexibility index (Phi) is 4.21. The lowest BCUT2D eigenvalue weighted by Crippen LogP contribution is -2.44. The topological polar surface area (TPSA) is 32.3 Å². The molecule has 0 aliphatic heterocycles. The maximum atomic E-state index is 9.82. The van der Waals surface area contributed by atoms with Gasteiger partial charge in [-0.1, -0.05) is 25.0 Å². The van der Waals surface area contributed by atoms with Crippen LogP contribution >= 0.6 is 0 Å². The Bertz CT molecular complexity index is 215. The molecule has 0 heterocycles. The second-order valence-electron chi connectivity index (χ2n) is 5.02. The van der Waals surface area contributed by atoms with Crippen LogP contribution in [0.25, 0.3) is 0 Å². The molecule has 2 rings (SSSR count). The zero-order valence-corrected chi connectivity index (χ0v) is 9.49. The number of rotatable bonds is 3. The molecule has 0 bridgehead atoms. The summed E-state index contributed by atoms with van der Waals surface area (Å²) in [7, 11) is 0. The third-order valence-corrected chi connectivity index (χ3v) is 3.78. The van der Waals surface area contributed by atoms with Crippen LogP contribution in [0.15, 0.2) is 12.2 Å². The summed E-state index contributed by atoms with van der Waals surface area (Å²) in [6, 6.07) is 0.365. The molecular weight excluding hydrogens is 186 g/mol. The van der Waals surface area contributed by atoms with E-state index >= 15 is 0 Å². The van der Waals surface area contributed by atoms with Gasteiger partial charge in [0.05, 0.1) is 6.10 Å². The van der Waals surface area contributed by atoms with Crippen molar-refractivity contribution in [2.75, 3.05) is 6.54 Å². The van der Waals surface area contributed by atoms with E-state index < -0.39 is 0 Å². The summed E-state index contributed by atoms with van der Waals surface area (Å²) in [6.07, 6.45) is 12.9. The molecule has 1 fully saturated rings. The highest BCUT2D eigenvalue weighted by atomic mass is 16.3. The Labute approximate surface area is 92.8 Å². The molecular formula is C13H23NO. The van der Waals surface area contributed by atoms with Crippen molar-refractivity contribution in [3.05, 3.63) is 12.2 Å². The Morgan fingerprint density at radius 2 is 2.00 bits per heavy atom. The molecule has 0 saturated heterocycles. The summed E-state index contributed by atoms with van der Waals surface area (Å²) in [6.45, 7) is 1.09. The monoisotopic (exact) mass is 209 g/mol. The first-order valence-electron chi connectivity index (χ1n) is 6.42. The van der Waals surface area contributed by atoms with Gasteiger partial charge >= 0.3 is 0 Å². The third kappa shape index (κ3) is 3.32. The minimum atomic E-state index is -0.0992.